The lowest BCUT2D eigenvalue weighted by Crippen LogP contribution is -2.44. The fourth-order valence-corrected chi connectivity index (χ4v) is 3.11. The van der Waals surface area contributed by atoms with Gasteiger partial charge in [-0.1, -0.05) is 47.5 Å². The van der Waals surface area contributed by atoms with Gasteiger partial charge in [0.2, 0.25) is 6.10 Å². The maximum absolute atomic E-state index is 13.0. The Balaban J connectivity index is 1.85. The van der Waals surface area contributed by atoms with Gasteiger partial charge >= 0.3 is 5.97 Å². The van der Waals surface area contributed by atoms with Gasteiger partial charge in [0.05, 0.1) is 18.8 Å². The number of carbonyl (C=O) groups excluding carboxylic acids is 2. The van der Waals surface area contributed by atoms with E-state index in [0.717, 1.165) is 11.1 Å². The normalized spacial score (nSPS) is 15.4. The first-order valence-electron chi connectivity index (χ1n) is 8.75. The van der Waals surface area contributed by atoms with Gasteiger partial charge in [0.25, 0.3) is 5.91 Å². The Hall–Kier alpha value is -2.66. The number of nitrogens with zero attached hydrogens (tertiary/aromatic N) is 1. The highest BCUT2D eigenvalue weighted by Gasteiger charge is 2.30. The highest BCUT2D eigenvalue weighted by atomic mass is 16.5. The zero-order valence-corrected chi connectivity index (χ0v) is 15.1. The molecule has 2 aromatic rings. The molecule has 1 aliphatic rings. The van der Waals surface area contributed by atoms with Crippen LogP contribution < -0.4 is 0 Å². The number of ether oxygens (including phenoxy) is 2. The van der Waals surface area contributed by atoms with Gasteiger partial charge in [-0.3, -0.25) is 4.79 Å². The van der Waals surface area contributed by atoms with Crippen LogP contribution in [0.25, 0.3) is 0 Å². The van der Waals surface area contributed by atoms with Gasteiger partial charge in [0.1, 0.15) is 0 Å². The molecular weight excluding hydrogens is 330 g/mol. The molecule has 26 heavy (non-hydrogen) atoms. The van der Waals surface area contributed by atoms with Gasteiger partial charge < -0.3 is 14.4 Å². The molecule has 1 fully saturated rings. The number of hydrogen-bond acceptors (Lipinski definition) is 4. The molecular formula is C21H23NO4. The summed E-state index contributed by atoms with van der Waals surface area (Å²) >= 11 is 0. The summed E-state index contributed by atoms with van der Waals surface area (Å²) in [7, 11) is 0. The number of morpholine rings is 1. The monoisotopic (exact) mass is 353 g/mol. The SMILES string of the molecule is Cc1cc(C)cc(C(=O)O[C@H](C(=O)N2CCOCC2)c2ccccc2)c1. The second-order valence-corrected chi connectivity index (χ2v) is 6.51. The topological polar surface area (TPSA) is 55.8 Å². The molecule has 1 aliphatic heterocycles. The van der Waals surface area contributed by atoms with E-state index in [-0.39, 0.29) is 5.91 Å². The number of esters is 1. The van der Waals surface area contributed by atoms with Crippen LogP contribution >= 0.6 is 0 Å². The molecule has 5 nitrogen and oxygen atoms in total. The van der Waals surface area contributed by atoms with Crippen LogP contribution in [-0.4, -0.2) is 43.1 Å². The molecule has 1 amide bonds. The lowest BCUT2D eigenvalue weighted by Gasteiger charge is -2.30. The maximum Gasteiger partial charge on any atom is 0.339 e. The van der Waals surface area contributed by atoms with Crippen molar-refractivity contribution in [2.24, 2.45) is 0 Å². The van der Waals surface area contributed by atoms with Crippen molar-refractivity contribution >= 4 is 11.9 Å². The summed E-state index contributed by atoms with van der Waals surface area (Å²) in [5, 5.41) is 0. The Labute approximate surface area is 153 Å². The molecule has 136 valence electrons. The highest BCUT2D eigenvalue weighted by Crippen LogP contribution is 2.23. The molecule has 1 saturated heterocycles. The number of amides is 1. The van der Waals surface area contributed by atoms with E-state index in [9.17, 15) is 9.59 Å². The van der Waals surface area contributed by atoms with Crippen LogP contribution in [0.15, 0.2) is 48.5 Å². The van der Waals surface area contributed by atoms with Crippen molar-refractivity contribution in [3.05, 3.63) is 70.8 Å². The third-order valence-electron chi connectivity index (χ3n) is 4.33. The average Bonchev–Trinajstić information content (AvgIpc) is 2.66. The molecule has 2 aromatic carbocycles. The Morgan fingerprint density at radius 3 is 2.23 bits per heavy atom. The van der Waals surface area contributed by atoms with Crippen LogP contribution in [0.5, 0.6) is 0 Å². The first kappa shape index (κ1) is 18.1. The van der Waals surface area contributed by atoms with Crippen LogP contribution in [0.2, 0.25) is 0 Å². The fourth-order valence-electron chi connectivity index (χ4n) is 3.11. The Kier molecular flexibility index (Phi) is 5.68. The summed E-state index contributed by atoms with van der Waals surface area (Å²) in [6.07, 6.45) is -0.956. The van der Waals surface area contributed by atoms with Gasteiger partial charge in [-0.05, 0) is 26.0 Å². The predicted molar refractivity (Wildman–Crippen MR) is 97.9 cm³/mol. The standard InChI is InChI=1S/C21H23NO4/c1-15-12-16(2)14-18(13-15)21(24)26-19(17-6-4-3-5-7-17)20(23)22-8-10-25-11-9-22/h3-7,12-14,19H,8-11H2,1-2H3/t19-/m0/s1. The molecule has 5 heteroatoms. The van der Waals surface area contributed by atoms with E-state index in [1.165, 1.54) is 0 Å². The first-order chi connectivity index (χ1) is 12.5. The van der Waals surface area contributed by atoms with Gasteiger partial charge in [-0.15, -0.1) is 0 Å². The van der Waals surface area contributed by atoms with Gasteiger partial charge in [-0.2, -0.15) is 0 Å². The van der Waals surface area contributed by atoms with Gasteiger partial charge in [0.15, 0.2) is 0 Å². The number of benzene rings is 2. The van der Waals surface area contributed by atoms with Crippen LogP contribution in [0, 0.1) is 13.8 Å². The largest absolute Gasteiger partial charge is 0.444 e. The van der Waals surface area contributed by atoms with Crippen LogP contribution in [-0.2, 0) is 14.3 Å². The average molecular weight is 353 g/mol. The quantitative estimate of drug-likeness (QED) is 0.793. The van der Waals surface area contributed by atoms with Crippen LogP contribution in [0.3, 0.4) is 0 Å². The molecule has 1 atom stereocenters. The van der Waals surface area contributed by atoms with E-state index in [2.05, 4.69) is 0 Å². The van der Waals surface area contributed by atoms with E-state index in [1.807, 2.05) is 38.1 Å². The third-order valence-corrected chi connectivity index (χ3v) is 4.33. The number of hydrogen-bond donors (Lipinski definition) is 0. The summed E-state index contributed by atoms with van der Waals surface area (Å²) < 4.78 is 11.0. The zero-order chi connectivity index (χ0) is 18.5. The Bertz CT molecular complexity index is 762. The van der Waals surface area contributed by atoms with Crippen molar-refractivity contribution in [1.82, 2.24) is 4.90 Å². The minimum Gasteiger partial charge on any atom is -0.444 e. The molecule has 0 aromatic heterocycles. The van der Waals surface area contributed by atoms with Crippen molar-refractivity contribution < 1.29 is 19.1 Å². The Morgan fingerprint density at radius 1 is 1.00 bits per heavy atom. The number of rotatable bonds is 4. The van der Waals surface area contributed by atoms with Gasteiger partial charge in [-0.25, -0.2) is 4.79 Å². The van der Waals surface area contributed by atoms with Gasteiger partial charge in [0, 0.05) is 18.7 Å². The van der Waals surface area contributed by atoms with Crippen molar-refractivity contribution in [2.45, 2.75) is 20.0 Å². The molecule has 0 spiro atoms. The van der Waals surface area contributed by atoms with Crippen LogP contribution in [0.1, 0.15) is 33.2 Å². The van der Waals surface area contributed by atoms with E-state index in [1.54, 1.807) is 29.2 Å². The second kappa shape index (κ2) is 8.15. The van der Waals surface area contributed by atoms with E-state index in [0.29, 0.717) is 37.4 Å². The van der Waals surface area contributed by atoms with E-state index in [4.69, 9.17) is 9.47 Å². The summed E-state index contributed by atoms with van der Waals surface area (Å²) in [5.74, 6) is -0.704. The van der Waals surface area contributed by atoms with Crippen molar-refractivity contribution in [3.63, 3.8) is 0 Å². The molecule has 3 rings (SSSR count). The number of carbonyl (C=O) groups is 2. The second-order valence-electron chi connectivity index (χ2n) is 6.51. The minimum absolute atomic E-state index is 0.211. The highest BCUT2D eigenvalue weighted by molar-refractivity contribution is 5.93. The van der Waals surface area contributed by atoms with Crippen LogP contribution in [0.4, 0.5) is 0 Å². The zero-order valence-electron chi connectivity index (χ0n) is 15.1. The maximum atomic E-state index is 13.0. The molecule has 0 unspecified atom stereocenters. The van der Waals surface area contributed by atoms with Crippen molar-refractivity contribution in [3.8, 4) is 0 Å². The molecule has 0 bridgehead atoms. The van der Waals surface area contributed by atoms with E-state index >= 15 is 0 Å². The molecule has 0 saturated carbocycles. The minimum atomic E-state index is -0.956. The fraction of sp³-hybridized carbons (Fsp3) is 0.333. The molecule has 1 heterocycles. The first-order valence-corrected chi connectivity index (χ1v) is 8.75. The molecule has 0 N–H and O–H groups in total. The smallest absolute Gasteiger partial charge is 0.339 e. The summed E-state index contributed by atoms with van der Waals surface area (Å²) in [6, 6.07) is 14.7. The number of aryl methyl sites for hydroxylation is 2. The third kappa shape index (κ3) is 4.29. The van der Waals surface area contributed by atoms with Crippen molar-refractivity contribution in [1.29, 1.82) is 0 Å². The Morgan fingerprint density at radius 2 is 1.62 bits per heavy atom. The molecule has 0 aliphatic carbocycles. The lowest BCUT2D eigenvalue weighted by molar-refractivity contribution is -0.145. The summed E-state index contributed by atoms with van der Waals surface area (Å²) in [6.45, 7) is 5.86. The summed E-state index contributed by atoms with van der Waals surface area (Å²) in [4.78, 5) is 27.4. The lowest BCUT2D eigenvalue weighted by atomic mass is 10.1. The van der Waals surface area contributed by atoms with Crippen molar-refractivity contribution in [2.75, 3.05) is 26.3 Å². The van der Waals surface area contributed by atoms with E-state index < -0.39 is 12.1 Å². The molecule has 0 radical (unpaired) electrons. The predicted octanol–water partition coefficient (Wildman–Crippen LogP) is 3.06. The summed E-state index contributed by atoms with van der Waals surface area (Å²) in [5.41, 5.74) is 3.08.